The number of aromatic nitrogens is 2. The molecular formula is C18H16F3N3O2. The number of nitrogens with one attached hydrogen (secondary N) is 1. The summed E-state index contributed by atoms with van der Waals surface area (Å²) in [6.45, 7) is 2.03. The van der Waals surface area contributed by atoms with Crippen LogP contribution in [0.4, 0.5) is 13.2 Å². The number of fused-ring (bicyclic) bond motifs is 1. The van der Waals surface area contributed by atoms with E-state index in [9.17, 15) is 18.0 Å². The lowest BCUT2D eigenvalue weighted by molar-refractivity contribution is -0.274. The molecule has 0 aliphatic heterocycles. The number of halogens is 3. The molecule has 136 valence electrons. The number of nitrogens with zero attached hydrogens (tertiary/aromatic N) is 2. The number of carbonyl (C=O) groups excluding carboxylic acids is 1. The van der Waals surface area contributed by atoms with E-state index in [0.717, 1.165) is 10.9 Å². The van der Waals surface area contributed by atoms with Crippen molar-refractivity contribution in [2.45, 2.75) is 26.3 Å². The van der Waals surface area contributed by atoms with Crippen LogP contribution in [0.15, 0.2) is 48.5 Å². The molecule has 0 saturated carbocycles. The average molecular weight is 363 g/mol. The van der Waals surface area contributed by atoms with Gasteiger partial charge in [-0.05, 0) is 30.3 Å². The lowest BCUT2D eigenvalue weighted by Crippen LogP contribution is -2.21. The number of ether oxygens (including phenoxy) is 1. The predicted molar refractivity (Wildman–Crippen MR) is 89.9 cm³/mol. The molecule has 8 heteroatoms. The fraction of sp³-hybridized carbons (Fsp3) is 0.222. The van der Waals surface area contributed by atoms with E-state index in [-0.39, 0.29) is 18.2 Å². The Bertz CT molecular complexity index is 918. The van der Waals surface area contributed by atoms with Gasteiger partial charge in [-0.25, -0.2) is 4.68 Å². The number of benzene rings is 2. The van der Waals surface area contributed by atoms with Gasteiger partial charge in [0.25, 0.3) is 0 Å². The van der Waals surface area contributed by atoms with Crippen molar-refractivity contribution in [3.8, 4) is 11.4 Å². The molecule has 0 aliphatic rings. The highest BCUT2D eigenvalue weighted by Crippen LogP contribution is 2.26. The van der Waals surface area contributed by atoms with Crippen LogP contribution >= 0.6 is 0 Å². The van der Waals surface area contributed by atoms with Gasteiger partial charge in [-0.15, -0.1) is 13.2 Å². The highest BCUT2D eigenvalue weighted by atomic mass is 19.4. The van der Waals surface area contributed by atoms with Gasteiger partial charge < -0.3 is 10.1 Å². The standard InChI is InChI=1S/C18H16F3N3O2/c1-2-17(25)22-11-15-14-5-3-4-6-16(14)24(23-15)12-7-9-13(10-8-12)26-18(19,20)21/h3-10H,2,11H2,1H3,(H,22,25). The van der Waals surface area contributed by atoms with E-state index in [1.54, 1.807) is 11.6 Å². The fourth-order valence-electron chi connectivity index (χ4n) is 2.55. The number of hydrogen-bond acceptors (Lipinski definition) is 3. The van der Waals surface area contributed by atoms with Gasteiger partial charge in [0.2, 0.25) is 5.91 Å². The van der Waals surface area contributed by atoms with E-state index in [1.165, 1.54) is 24.3 Å². The molecule has 1 amide bonds. The quantitative estimate of drug-likeness (QED) is 0.747. The first-order chi connectivity index (χ1) is 12.4. The number of amides is 1. The Morgan fingerprint density at radius 3 is 2.50 bits per heavy atom. The highest BCUT2D eigenvalue weighted by molar-refractivity contribution is 5.84. The van der Waals surface area contributed by atoms with Crippen LogP contribution in [0.25, 0.3) is 16.6 Å². The second-order valence-electron chi connectivity index (χ2n) is 5.55. The van der Waals surface area contributed by atoms with E-state index < -0.39 is 6.36 Å². The number of para-hydroxylation sites is 1. The SMILES string of the molecule is CCC(=O)NCc1nn(-c2ccc(OC(F)(F)F)cc2)c2ccccc12. The molecule has 0 bridgehead atoms. The summed E-state index contributed by atoms with van der Waals surface area (Å²) < 4.78 is 42.4. The van der Waals surface area contributed by atoms with Crippen molar-refractivity contribution in [3.63, 3.8) is 0 Å². The Hall–Kier alpha value is -3.03. The Balaban J connectivity index is 1.93. The first kappa shape index (κ1) is 17.8. The van der Waals surface area contributed by atoms with Crippen LogP contribution in [0.1, 0.15) is 19.0 Å². The highest BCUT2D eigenvalue weighted by Gasteiger charge is 2.31. The van der Waals surface area contributed by atoms with Crippen LogP contribution < -0.4 is 10.1 Å². The smallest absolute Gasteiger partial charge is 0.406 e. The molecule has 5 nitrogen and oxygen atoms in total. The van der Waals surface area contributed by atoms with Gasteiger partial charge in [0, 0.05) is 11.8 Å². The third-order valence-corrected chi connectivity index (χ3v) is 3.75. The Kier molecular flexibility index (Phi) is 4.83. The summed E-state index contributed by atoms with van der Waals surface area (Å²) in [4.78, 5) is 11.5. The van der Waals surface area contributed by atoms with Crippen LogP contribution in [-0.2, 0) is 11.3 Å². The summed E-state index contributed by atoms with van der Waals surface area (Å²) in [7, 11) is 0. The number of hydrogen-bond donors (Lipinski definition) is 1. The van der Waals surface area contributed by atoms with Crippen molar-refractivity contribution >= 4 is 16.8 Å². The van der Waals surface area contributed by atoms with Crippen LogP contribution in [0.3, 0.4) is 0 Å². The molecule has 1 N–H and O–H groups in total. The van der Waals surface area contributed by atoms with Crippen LogP contribution in [0.5, 0.6) is 5.75 Å². The fourth-order valence-corrected chi connectivity index (χ4v) is 2.55. The molecule has 0 radical (unpaired) electrons. The van der Waals surface area contributed by atoms with Crippen LogP contribution in [0, 0.1) is 0 Å². The normalized spacial score (nSPS) is 11.5. The first-order valence-electron chi connectivity index (χ1n) is 7.97. The Morgan fingerprint density at radius 1 is 1.15 bits per heavy atom. The molecule has 1 heterocycles. The number of carbonyl (C=O) groups is 1. The molecule has 0 fully saturated rings. The van der Waals surface area contributed by atoms with Crippen molar-refractivity contribution in [1.29, 1.82) is 0 Å². The molecule has 3 rings (SSSR count). The van der Waals surface area contributed by atoms with Crippen molar-refractivity contribution < 1.29 is 22.7 Å². The summed E-state index contributed by atoms with van der Waals surface area (Å²) in [5, 5.41) is 8.15. The Morgan fingerprint density at radius 2 is 1.85 bits per heavy atom. The Labute approximate surface area is 147 Å². The summed E-state index contributed by atoms with van der Waals surface area (Å²) in [5.41, 5.74) is 2.06. The molecule has 26 heavy (non-hydrogen) atoms. The topological polar surface area (TPSA) is 56.2 Å². The number of rotatable bonds is 5. The van der Waals surface area contributed by atoms with Crippen molar-refractivity contribution in [1.82, 2.24) is 15.1 Å². The molecule has 0 saturated heterocycles. The van der Waals surface area contributed by atoms with E-state index in [4.69, 9.17) is 0 Å². The largest absolute Gasteiger partial charge is 0.573 e. The van der Waals surface area contributed by atoms with Crippen molar-refractivity contribution in [2.75, 3.05) is 0 Å². The van der Waals surface area contributed by atoms with Gasteiger partial charge in [-0.3, -0.25) is 4.79 Å². The van der Waals surface area contributed by atoms with Gasteiger partial charge in [-0.2, -0.15) is 5.10 Å². The first-order valence-corrected chi connectivity index (χ1v) is 7.97. The maximum Gasteiger partial charge on any atom is 0.573 e. The van der Waals surface area contributed by atoms with Crippen LogP contribution in [0.2, 0.25) is 0 Å². The second kappa shape index (κ2) is 7.07. The lowest BCUT2D eigenvalue weighted by atomic mass is 10.2. The third-order valence-electron chi connectivity index (χ3n) is 3.75. The van der Waals surface area contributed by atoms with Gasteiger partial charge >= 0.3 is 6.36 Å². The molecule has 3 aromatic rings. The molecule has 0 unspecified atom stereocenters. The maximum atomic E-state index is 12.3. The molecule has 0 spiro atoms. The van der Waals surface area contributed by atoms with Crippen molar-refractivity contribution in [3.05, 3.63) is 54.2 Å². The number of alkyl halides is 3. The molecular weight excluding hydrogens is 347 g/mol. The molecule has 0 aliphatic carbocycles. The van der Waals surface area contributed by atoms with Gasteiger partial charge in [0.15, 0.2) is 0 Å². The van der Waals surface area contributed by atoms with E-state index >= 15 is 0 Å². The molecule has 0 atom stereocenters. The molecule has 1 aromatic heterocycles. The zero-order chi connectivity index (χ0) is 18.7. The molecule has 2 aromatic carbocycles. The average Bonchev–Trinajstić information content (AvgIpc) is 2.98. The minimum Gasteiger partial charge on any atom is -0.406 e. The maximum absolute atomic E-state index is 12.3. The zero-order valence-electron chi connectivity index (χ0n) is 13.9. The summed E-state index contributed by atoms with van der Waals surface area (Å²) in [5.74, 6) is -0.384. The minimum absolute atomic E-state index is 0.0858. The van der Waals surface area contributed by atoms with E-state index in [0.29, 0.717) is 17.8 Å². The third kappa shape index (κ3) is 3.96. The summed E-state index contributed by atoms with van der Waals surface area (Å²) in [6, 6.07) is 12.9. The van der Waals surface area contributed by atoms with Crippen LogP contribution in [-0.4, -0.2) is 22.1 Å². The predicted octanol–water partition coefficient (Wildman–Crippen LogP) is 3.95. The minimum atomic E-state index is -4.73. The van der Waals surface area contributed by atoms with Gasteiger partial charge in [0.1, 0.15) is 5.75 Å². The van der Waals surface area contributed by atoms with Gasteiger partial charge in [-0.1, -0.05) is 25.1 Å². The van der Waals surface area contributed by atoms with Crippen molar-refractivity contribution in [2.24, 2.45) is 0 Å². The zero-order valence-corrected chi connectivity index (χ0v) is 13.9. The van der Waals surface area contributed by atoms with Gasteiger partial charge in [0.05, 0.1) is 23.4 Å². The van der Waals surface area contributed by atoms with E-state index in [2.05, 4.69) is 15.2 Å². The summed E-state index contributed by atoms with van der Waals surface area (Å²) >= 11 is 0. The second-order valence-corrected chi connectivity index (χ2v) is 5.55. The monoisotopic (exact) mass is 363 g/mol. The van der Waals surface area contributed by atoms with E-state index in [1.807, 2.05) is 24.3 Å². The summed E-state index contributed by atoms with van der Waals surface area (Å²) in [6.07, 6.45) is -4.36. The lowest BCUT2D eigenvalue weighted by Gasteiger charge is -2.09.